The lowest BCUT2D eigenvalue weighted by Crippen LogP contribution is -2.01. The summed E-state index contributed by atoms with van der Waals surface area (Å²) in [5.41, 5.74) is 7.11. The minimum absolute atomic E-state index is 0.513. The van der Waals surface area contributed by atoms with Crippen LogP contribution in [0.25, 0.3) is 0 Å². The fraction of sp³-hybridized carbons (Fsp3) is 0.200. The zero-order valence-electron chi connectivity index (χ0n) is 8.50. The number of benzene rings is 1. The van der Waals surface area contributed by atoms with Crippen LogP contribution in [0.1, 0.15) is 11.7 Å². The van der Waals surface area contributed by atoms with E-state index < -0.39 is 6.10 Å². The molecule has 5 nitrogen and oxygen atoms in total. The number of hydrogen-bond acceptors (Lipinski definition) is 5. The van der Waals surface area contributed by atoms with Crippen LogP contribution in [-0.2, 0) is 0 Å². The molecule has 16 heavy (non-hydrogen) atoms. The van der Waals surface area contributed by atoms with Gasteiger partial charge in [-0.1, -0.05) is 23.9 Å². The standard InChI is InChI=1S/C10H12N4OS/c11-8-3-1-2-7(4-8)9(15)5-16-10-12-6-13-14-10/h1-4,6,9,15H,5,11H2,(H,12,13,14). The van der Waals surface area contributed by atoms with Crippen LogP contribution < -0.4 is 5.73 Å². The molecule has 0 spiro atoms. The number of nitrogens with one attached hydrogen (secondary N) is 1. The maximum absolute atomic E-state index is 9.91. The summed E-state index contributed by atoms with van der Waals surface area (Å²) in [4.78, 5) is 3.96. The van der Waals surface area contributed by atoms with Crippen molar-refractivity contribution in [3.63, 3.8) is 0 Å². The number of aliphatic hydroxyl groups is 1. The van der Waals surface area contributed by atoms with E-state index in [9.17, 15) is 5.11 Å². The molecule has 1 aromatic heterocycles. The van der Waals surface area contributed by atoms with E-state index in [-0.39, 0.29) is 0 Å². The second-order valence-electron chi connectivity index (χ2n) is 3.29. The lowest BCUT2D eigenvalue weighted by Gasteiger charge is -2.09. The molecule has 1 atom stereocenters. The summed E-state index contributed by atoms with van der Waals surface area (Å²) in [7, 11) is 0. The molecule has 84 valence electrons. The van der Waals surface area contributed by atoms with Gasteiger partial charge in [-0.2, -0.15) is 5.10 Å². The Hall–Kier alpha value is -1.53. The molecule has 2 rings (SSSR count). The smallest absolute Gasteiger partial charge is 0.183 e. The fourth-order valence-corrected chi connectivity index (χ4v) is 2.03. The predicted molar refractivity (Wildman–Crippen MR) is 62.9 cm³/mol. The molecule has 0 aliphatic heterocycles. The van der Waals surface area contributed by atoms with E-state index in [1.807, 2.05) is 12.1 Å². The van der Waals surface area contributed by atoms with Crippen molar-refractivity contribution in [3.05, 3.63) is 36.2 Å². The van der Waals surface area contributed by atoms with Gasteiger partial charge >= 0.3 is 0 Å². The SMILES string of the molecule is Nc1cccc(C(O)CSc2ncn[nH]2)c1. The van der Waals surface area contributed by atoms with Crippen molar-refractivity contribution in [2.24, 2.45) is 0 Å². The van der Waals surface area contributed by atoms with Gasteiger partial charge in [0.1, 0.15) is 6.33 Å². The Labute approximate surface area is 97.1 Å². The third-order valence-corrected chi connectivity index (χ3v) is 3.02. The summed E-state index contributed by atoms with van der Waals surface area (Å²) in [6, 6.07) is 7.24. The quantitative estimate of drug-likeness (QED) is 0.548. The van der Waals surface area contributed by atoms with E-state index in [0.717, 1.165) is 5.56 Å². The molecule has 0 saturated heterocycles. The van der Waals surface area contributed by atoms with Gasteiger partial charge in [0.25, 0.3) is 0 Å². The molecule has 0 fully saturated rings. The largest absolute Gasteiger partial charge is 0.399 e. The van der Waals surface area contributed by atoms with Gasteiger partial charge in [-0.3, -0.25) is 5.10 Å². The molecule has 4 N–H and O–H groups in total. The van der Waals surface area contributed by atoms with E-state index in [2.05, 4.69) is 15.2 Å². The lowest BCUT2D eigenvalue weighted by atomic mass is 10.1. The first kappa shape index (κ1) is 11.0. The maximum Gasteiger partial charge on any atom is 0.183 e. The highest BCUT2D eigenvalue weighted by molar-refractivity contribution is 7.99. The molecule has 1 unspecified atom stereocenters. The number of anilines is 1. The van der Waals surface area contributed by atoms with Gasteiger partial charge < -0.3 is 10.8 Å². The molecule has 1 aromatic carbocycles. The molecule has 1 heterocycles. The predicted octanol–water partition coefficient (Wildman–Crippen LogP) is 1.21. The van der Waals surface area contributed by atoms with Crippen LogP contribution >= 0.6 is 11.8 Å². The molecule has 6 heteroatoms. The molecule has 0 aliphatic carbocycles. The molecule has 2 aromatic rings. The third kappa shape index (κ3) is 2.74. The zero-order valence-corrected chi connectivity index (χ0v) is 9.31. The highest BCUT2D eigenvalue weighted by atomic mass is 32.2. The van der Waals surface area contributed by atoms with Crippen LogP contribution in [0.4, 0.5) is 5.69 Å². The van der Waals surface area contributed by atoms with Crippen molar-refractivity contribution in [1.29, 1.82) is 0 Å². The Balaban J connectivity index is 1.95. The van der Waals surface area contributed by atoms with E-state index in [0.29, 0.717) is 16.6 Å². The number of nitrogens with two attached hydrogens (primary N) is 1. The van der Waals surface area contributed by atoms with Gasteiger partial charge in [0.05, 0.1) is 6.10 Å². The second kappa shape index (κ2) is 5.00. The van der Waals surface area contributed by atoms with Crippen molar-refractivity contribution in [2.45, 2.75) is 11.3 Å². The van der Waals surface area contributed by atoms with E-state index in [4.69, 9.17) is 5.73 Å². The van der Waals surface area contributed by atoms with Gasteiger partial charge in [-0.05, 0) is 17.7 Å². The van der Waals surface area contributed by atoms with E-state index in [1.54, 1.807) is 12.1 Å². The van der Waals surface area contributed by atoms with Gasteiger partial charge in [-0.15, -0.1) is 0 Å². The van der Waals surface area contributed by atoms with Gasteiger partial charge in [0.2, 0.25) is 0 Å². The summed E-state index contributed by atoms with van der Waals surface area (Å²) >= 11 is 1.42. The Kier molecular flexibility index (Phi) is 3.43. The highest BCUT2D eigenvalue weighted by Gasteiger charge is 2.09. The molecule has 0 bridgehead atoms. The molecule has 0 amide bonds. The van der Waals surface area contributed by atoms with Gasteiger partial charge in [0.15, 0.2) is 5.16 Å². The number of aromatic amines is 1. The number of aliphatic hydroxyl groups excluding tert-OH is 1. The summed E-state index contributed by atoms with van der Waals surface area (Å²) in [6.07, 6.45) is 0.883. The van der Waals surface area contributed by atoms with E-state index >= 15 is 0 Å². The molecule has 0 saturated carbocycles. The first-order valence-corrected chi connectivity index (χ1v) is 5.76. The minimum Gasteiger partial charge on any atom is -0.399 e. The van der Waals surface area contributed by atoms with Crippen molar-refractivity contribution in [2.75, 3.05) is 11.5 Å². The molecular weight excluding hydrogens is 224 g/mol. The number of hydrogen-bond donors (Lipinski definition) is 3. The number of nitrogen functional groups attached to an aromatic ring is 1. The Morgan fingerprint density at radius 3 is 3.06 bits per heavy atom. The molecule has 0 aliphatic rings. The maximum atomic E-state index is 9.91. The van der Waals surface area contributed by atoms with Gasteiger partial charge in [-0.25, -0.2) is 4.98 Å². The second-order valence-corrected chi connectivity index (χ2v) is 4.30. The average molecular weight is 236 g/mol. The van der Waals surface area contributed by atoms with Crippen LogP contribution in [0.15, 0.2) is 35.7 Å². The Bertz CT molecular complexity index is 446. The minimum atomic E-state index is -0.557. The summed E-state index contributed by atoms with van der Waals surface area (Å²) in [5, 5.41) is 17.1. The molecule has 0 radical (unpaired) electrons. The number of thioether (sulfide) groups is 1. The first-order valence-electron chi connectivity index (χ1n) is 4.77. The van der Waals surface area contributed by atoms with Crippen LogP contribution in [0.2, 0.25) is 0 Å². The van der Waals surface area contributed by atoms with Crippen LogP contribution in [0, 0.1) is 0 Å². The third-order valence-electron chi connectivity index (χ3n) is 2.07. The zero-order chi connectivity index (χ0) is 11.4. The van der Waals surface area contributed by atoms with Crippen molar-refractivity contribution in [1.82, 2.24) is 15.2 Å². The number of rotatable bonds is 4. The normalized spacial score (nSPS) is 12.6. The Morgan fingerprint density at radius 2 is 2.38 bits per heavy atom. The van der Waals surface area contributed by atoms with Gasteiger partial charge in [0, 0.05) is 11.4 Å². The summed E-state index contributed by atoms with van der Waals surface area (Å²) in [5.74, 6) is 0.513. The number of aromatic nitrogens is 3. The van der Waals surface area contributed by atoms with Crippen LogP contribution in [0.5, 0.6) is 0 Å². The highest BCUT2D eigenvalue weighted by Crippen LogP contribution is 2.22. The first-order chi connectivity index (χ1) is 7.75. The topological polar surface area (TPSA) is 87.8 Å². The Morgan fingerprint density at radius 1 is 1.50 bits per heavy atom. The van der Waals surface area contributed by atoms with Crippen molar-refractivity contribution >= 4 is 17.4 Å². The monoisotopic (exact) mass is 236 g/mol. The van der Waals surface area contributed by atoms with Crippen molar-refractivity contribution in [3.8, 4) is 0 Å². The van der Waals surface area contributed by atoms with Crippen LogP contribution in [-0.4, -0.2) is 26.0 Å². The number of nitrogens with zero attached hydrogens (tertiary/aromatic N) is 2. The lowest BCUT2D eigenvalue weighted by molar-refractivity contribution is 0.204. The fourth-order valence-electron chi connectivity index (χ4n) is 1.28. The van der Waals surface area contributed by atoms with Crippen LogP contribution in [0.3, 0.4) is 0 Å². The summed E-state index contributed by atoms with van der Waals surface area (Å²) < 4.78 is 0. The number of H-pyrrole nitrogens is 1. The molecular formula is C10H12N4OS. The van der Waals surface area contributed by atoms with E-state index in [1.165, 1.54) is 18.1 Å². The summed E-state index contributed by atoms with van der Waals surface area (Å²) in [6.45, 7) is 0. The average Bonchev–Trinajstić information content (AvgIpc) is 2.78. The van der Waals surface area contributed by atoms with Crippen molar-refractivity contribution < 1.29 is 5.11 Å².